The third kappa shape index (κ3) is 5.29. The predicted molar refractivity (Wildman–Crippen MR) is 210 cm³/mol. The minimum atomic E-state index is 0.652. The van der Waals surface area contributed by atoms with Crippen molar-refractivity contribution in [2.45, 2.75) is 12.8 Å². The summed E-state index contributed by atoms with van der Waals surface area (Å²) in [6.45, 7) is 0. The number of furan rings is 1. The van der Waals surface area contributed by atoms with Crippen LogP contribution in [0.15, 0.2) is 168 Å². The van der Waals surface area contributed by atoms with E-state index in [4.69, 9.17) is 19.4 Å². The molecule has 0 amide bonds. The van der Waals surface area contributed by atoms with Crippen molar-refractivity contribution < 1.29 is 4.42 Å². The first kappa shape index (κ1) is 29.3. The topological polar surface area (TPSA) is 51.8 Å². The van der Waals surface area contributed by atoms with Crippen LogP contribution >= 0.6 is 0 Å². The van der Waals surface area contributed by atoms with Crippen LogP contribution in [0.3, 0.4) is 0 Å². The summed E-state index contributed by atoms with van der Waals surface area (Å²) in [4.78, 5) is 15.4. The van der Waals surface area contributed by atoms with Crippen LogP contribution in [0.25, 0.3) is 88.5 Å². The zero-order valence-corrected chi connectivity index (χ0v) is 27.8. The minimum Gasteiger partial charge on any atom is -0.456 e. The van der Waals surface area contributed by atoms with Gasteiger partial charge in [-0.05, 0) is 92.6 Å². The molecule has 0 atom stereocenters. The molecule has 0 spiro atoms. The van der Waals surface area contributed by atoms with E-state index in [1.54, 1.807) is 0 Å². The Labute approximate surface area is 295 Å². The molecule has 10 rings (SSSR count). The van der Waals surface area contributed by atoms with Gasteiger partial charge in [0.1, 0.15) is 11.2 Å². The van der Waals surface area contributed by atoms with E-state index >= 15 is 0 Å². The number of hydrogen-bond acceptors (Lipinski definition) is 4. The summed E-state index contributed by atoms with van der Waals surface area (Å²) in [6, 6.07) is 53.1. The molecule has 0 fully saturated rings. The summed E-state index contributed by atoms with van der Waals surface area (Å²) in [7, 11) is 0. The predicted octanol–water partition coefficient (Wildman–Crippen LogP) is 12.3. The van der Waals surface area contributed by atoms with Crippen LogP contribution in [0, 0.1) is 0 Å². The Morgan fingerprint density at radius 3 is 1.73 bits per heavy atom. The fourth-order valence-electron chi connectivity index (χ4n) is 7.40. The molecule has 0 aliphatic heterocycles. The van der Waals surface area contributed by atoms with Crippen molar-refractivity contribution in [1.29, 1.82) is 0 Å². The second kappa shape index (κ2) is 12.0. The molecule has 4 nitrogen and oxygen atoms in total. The molecule has 0 bridgehead atoms. The maximum Gasteiger partial charge on any atom is 0.164 e. The van der Waals surface area contributed by atoms with Gasteiger partial charge in [0.05, 0.1) is 0 Å². The molecule has 2 aromatic heterocycles. The molecular formula is C47H31N3O. The van der Waals surface area contributed by atoms with Crippen molar-refractivity contribution in [3.8, 4) is 33.9 Å². The van der Waals surface area contributed by atoms with Gasteiger partial charge >= 0.3 is 0 Å². The van der Waals surface area contributed by atoms with Crippen LogP contribution < -0.4 is 0 Å². The highest BCUT2D eigenvalue weighted by molar-refractivity contribution is 6.12. The van der Waals surface area contributed by atoms with Gasteiger partial charge in [0.25, 0.3) is 0 Å². The van der Waals surface area contributed by atoms with Gasteiger partial charge in [0.15, 0.2) is 17.5 Å². The largest absolute Gasteiger partial charge is 0.456 e. The van der Waals surface area contributed by atoms with Gasteiger partial charge in [-0.1, -0.05) is 133 Å². The fourth-order valence-corrected chi connectivity index (χ4v) is 7.40. The Hall–Kier alpha value is -6.65. The van der Waals surface area contributed by atoms with Gasteiger partial charge in [-0.2, -0.15) is 0 Å². The zero-order valence-electron chi connectivity index (χ0n) is 27.8. The van der Waals surface area contributed by atoms with Crippen LogP contribution in [-0.2, 0) is 0 Å². The molecule has 0 unspecified atom stereocenters. The summed E-state index contributed by atoms with van der Waals surface area (Å²) in [6.07, 6.45) is 6.18. The lowest BCUT2D eigenvalue weighted by molar-refractivity contribution is 0.669. The summed E-state index contributed by atoms with van der Waals surface area (Å²) >= 11 is 0. The number of rotatable bonds is 5. The summed E-state index contributed by atoms with van der Waals surface area (Å²) in [5.41, 5.74) is 9.55. The van der Waals surface area contributed by atoms with Crippen LogP contribution in [0.4, 0.5) is 0 Å². The first-order valence-electron chi connectivity index (χ1n) is 17.4. The molecule has 0 N–H and O–H groups in total. The number of para-hydroxylation sites is 1. The molecule has 0 saturated heterocycles. The second-order valence-electron chi connectivity index (χ2n) is 13.2. The van der Waals surface area contributed by atoms with Crippen molar-refractivity contribution in [2.24, 2.45) is 0 Å². The smallest absolute Gasteiger partial charge is 0.164 e. The van der Waals surface area contributed by atoms with Crippen molar-refractivity contribution in [2.75, 3.05) is 0 Å². The first-order valence-corrected chi connectivity index (χ1v) is 17.4. The lowest BCUT2D eigenvalue weighted by Crippen LogP contribution is -2.04. The molecule has 51 heavy (non-hydrogen) atoms. The third-order valence-electron chi connectivity index (χ3n) is 10.0. The van der Waals surface area contributed by atoms with E-state index in [-0.39, 0.29) is 0 Å². The van der Waals surface area contributed by atoms with Crippen molar-refractivity contribution in [1.82, 2.24) is 15.0 Å². The molecule has 7 aromatic carbocycles. The molecule has 1 aliphatic rings. The van der Waals surface area contributed by atoms with Crippen LogP contribution in [0.2, 0.25) is 0 Å². The highest BCUT2D eigenvalue weighted by Gasteiger charge is 2.18. The van der Waals surface area contributed by atoms with E-state index in [0.29, 0.717) is 17.5 Å². The van der Waals surface area contributed by atoms with E-state index in [0.717, 1.165) is 68.0 Å². The van der Waals surface area contributed by atoms with E-state index < -0.39 is 0 Å². The monoisotopic (exact) mass is 653 g/mol. The van der Waals surface area contributed by atoms with Crippen LogP contribution in [-0.4, -0.2) is 15.0 Å². The van der Waals surface area contributed by atoms with Crippen molar-refractivity contribution in [3.63, 3.8) is 0 Å². The van der Waals surface area contributed by atoms with Crippen LogP contribution in [0.1, 0.15) is 24.2 Å². The van der Waals surface area contributed by atoms with Gasteiger partial charge in [-0.3, -0.25) is 0 Å². The lowest BCUT2D eigenvalue weighted by Gasteiger charge is -2.16. The summed E-state index contributed by atoms with van der Waals surface area (Å²) in [5.74, 6) is 2.03. The van der Waals surface area contributed by atoms with E-state index in [9.17, 15) is 0 Å². The molecule has 4 heteroatoms. The Kier molecular flexibility index (Phi) is 6.91. The Morgan fingerprint density at radius 2 is 0.961 bits per heavy atom. The minimum absolute atomic E-state index is 0.652. The SMILES string of the molecule is C1=C(c2ccc3ccccc3c2)CCC(c2nc(-c3cccc(-c4cccc5oc6ccccc6c45)c3)nc(-c3ccc4ccccc4c3)n2)=C1. The Bertz CT molecular complexity index is 2880. The third-order valence-corrected chi connectivity index (χ3v) is 10.0. The number of nitrogens with zero attached hydrogens (tertiary/aromatic N) is 3. The maximum absolute atomic E-state index is 6.22. The van der Waals surface area contributed by atoms with Crippen LogP contribution in [0.5, 0.6) is 0 Å². The number of aromatic nitrogens is 3. The number of hydrogen-bond donors (Lipinski definition) is 0. The van der Waals surface area contributed by atoms with Gasteiger partial charge < -0.3 is 4.42 Å². The number of allylic oxidation sites excluding steroid dienone is 4. The number of fused-ring (bicyclic) bond motifs is 5. The highest BCUT2D eigenvalue weighted by Crippen LogP contribution is 2.38. The fraction of sp³-hybridized carbons (Fsp3) is 0.0426. The molecule has 0 radical (unpaired) electrons. The zero-order chi connectivity index (χ0) is 33.7. The first-order chi connectivity index (χ1) is 25.2. The normalized spacial score (nSPS) is 13.2. The van der Waals surface area contributed by atoms with E-state index in [1.807, 2.05) is 18.2 Å². The van der Waals surface area contributed by atoms with Crippen molar-refractivity contribution in [3.05, 3.63) is 175 Å². The maximum atomic E-state index is 6.22. The van der Waals surface area contributed by atoms with E-state index in [2.05, 4.69) is 146 Å². The molecule has 240 valence electrons. The molecular weight excluding hydrogens is 623 g/mol. The average molecular weight is 654 g/mol. The van der Waals surface area contributed by atoms with Gasteiger partial charge in [0.2, 0.25) is 0 Å². The Balaban J connectivity index is 1.10. The quantitative estimate of drug-likeness (QED) is 0.185. The van der Waals surface area contributed by atoms with Gasteiger partial charge in [-0.15, -0.1) is 0 Å². The summed E-state index contributed by atoms with van der Waals surface area (Å²) < 4.78 is 6.22. The number of benzene rings is 7. The molecule has 1 aliphatic carbocycles. The van der Waals surface area contributed by atoms with Crippen molar-refractivity contribution >= 4 is 54.6 Å². The lowest BCUT2D eigenvalue weighted by atomic mass is 9.91. The second-order valence-corrected chi connectivity index (χ2v) is 13.2. The van der Waals surface area contributed by atoms with Gasteiger partial charge in [0, 0.05) is 21.9 Å². The summed E-state index contributed by atoms with van der Waals surface area (Å²) in [5, 5.41) is 7.07. The molecule has 0 saturated carbocycles. The van der Waals surface area contributed by atoms with E-state index in [1.165, 1.54) is 27.3 Å². The average Bonchev–Trinajstić information content (AvgIpc) is 3.59. The highest BCUT2D eigenvalue weighted by atomic mass is 16.3. The molecule has 9 aromatic rings. The standard InChI is InChI=1S/C47H31N3O/c1-3-11-34-27-36(25-21-30(34)9-1)32-19-23-33(24-20-32)45-48-46(50-47(49-45)39-26-22-31-10-2-4-12-35(31)28-39)38-14-7-13-37(29-38)40-16-8-18-43-44(40)41-15-5-6-17-42(41)51-43/h1-19,21-23,25-29H,20,24H2. The molecule has 2 heterocycles. The Morgan fingerprint density at radius 1 is 0.392 bits per heavy atom. The van der Waals surface area contributed by atoms with Gasteiger partial charge in [-0.25, -0.2) is 15.0 Å².